The molecule has 0 amide bonds. The molecule has 2 aromatic rings. The number of hydrogen-bond acceptors (Lipinski definition) is 4. The quantitative estimate of drug-likeness (QED) is 0.799. The largest absolute Gasteiger partial charge is 0.459 e. The third-order valence-corrected chi connectivity index (χ3v) is 3.27. The van der Waals surface area contributed by atoms with Gasteiger partial charge in [-0.2, -0.15) is 0 Å². The summed E-state index contributed by atoms with van der Waals surface area (Å²) in [5, 5.41) is 9.94. The van der Waals surface area contributed by atoms with Crippen LogP contribution < -0.4 is 0 Å². The van der Waals surface area contributed by atoms with Crippen molar-refractivity contribution >= 4 is 5.97 Å². The summed E-state index contributed by atoms with van der Waals surface area (Å²) in [5.41, 5.74) is 1.86. The maximum atomic E-state index is 11.8. The van der Waals surface area contributed by atoms with Crippen molar-refractivity contribution < 1.29 is 19.4 Å². The topological polar surface area (TPSA) is 55.8 Å². The number of ether oxygens (including phenoxy) is 2. The van der Waals surface area contributed by atoms with E-state index in [9.17, 15) is 9.90 Å². The Hall–Kier alpha value is -2.17. The minimum atomic E-state index is -1.30. The van der Waals surface area contributed by atoms with Gasteiger partial charge in [0, 0.05) is 0 Å². The molecule has 2 rings (SSSR count). The van der Waals surface area contributed by atoms with Crippen LogP contribution in [-0.2, 0) is 27.5 Å². The fourth-order valence-corrected chi connectivity index (χ4v) is 1.90. The predicted molar refractivity (Wildman–Crippen MR) is 82.9 cm³/mol. The molecular weight excluding hydrogens is 280 g/mol. The summed E-state index contributed by atoms with van der Waals surface area (Å²) >= 11 is 0. The van der Waals surface area contributed by atoms with Crippen LogP contribution in [0, 0.1) is 0 Å². The number of benzene rings is 2. The molecule has 0 bridgehead atoms. The molecule has 116 valence electrons. The van der Waals surface area contributed by atoms with Crippen molar-refractivity contribution in [2.45, 2.75) is 32.3 Å². The summed E-state index contributed by atoms with van der Waals surface area (Å²) in [5.74, 6) is -0.676. The van der Waals surface area contributed by atoms with Crippen molar-refractivity contribution in [1.29, 1.82) is 0 Å². The van der Waals surface area contributed by atoms with Gasteiger partial charge in [-0.25, -0.2) is 4.79 Å². The lowest BCUT2D eigenvalue weighted by Gasteiger charge is -2.18. The Labute approximate surface area is 130 Å². The third kappa shape index (κ3) is 4.98. The molecule has 0 saturated carbocycles. The highest BCUT2D eigenvalue weighted by Gasteiger charge is 2.24. The molecule has 0 aliphatic heterocycles. The van der Waals surface area contributed by atoms with Crippen LogP contribution in [0.4, 0.5) is 0 Å². The lowest BCUT2D eigenvalue weighted by molar-refractivity contribution is -0.163. The number of aliphatic hydroxyl groups excluding tert-OH is 1. The molecule has 1 unspecified atom stereocenters. The zero-order valence-electron chi connectivity index (χ0n) is 12.5. The second kappa shape index (κ2) is 8.32. The summed E-state index contributed by atoms with van der Waals surface area (Å²) in [6, 6.07) is 18.9. The van der Waals surface area contributed by atoms with E-state index in [-0.39, 0.29) is 6.61 Å². The second-order valence-electron chi connectivity index (χ2n) is 5.04. The van der Waals surface area contributed by atoms with E-state index in [1.807, 2.05) is 60.7 Å². The molecule has 0 aromatic heterocycles. The van der Waals surface area contributed by atoms with Gasteiger partial charge in [0.25, 0.3) is 0 Å². The highest BCUT2D eigenvalue weighted by atomic mass is 16.6. The fraction of sp³-hybridized carbons (Fsp3) is 0.278. The van der Waals surface area contributed by atoms with Crippen molar-refractivity contribution in [3.05, 3.63) is 71.8 Å². The molecule has 0 heterocycles. The van der Waals surface area contributed by atoms with Gasteiger partial charge < -0.3 is 14.6 Å². The summed E-state index contributed by atoms with van der Waals surface area (Å²) in [6.45, 7) is 2.13. The number of hydrogen-bond donors (Lipinski definition) is 1. The Morgan fingerprint density at radius 3 is 2.00 bits per heavy atom. The fourth-order valence-electron chi connectivity index (χ4n) is 1.90. The minimum Gasteiger partial charge on any atom is -0.459 e. The van der Waals surface area contributed by atoms with Crippen molar-refractivity contribution in [2.75, 3.05) is 0 Å². The van der Waals surface area contributed by atoms with Crippen molar-refractivity contribution in [3.8, 4) is 0 Å². The molecule has 2 aromatic carbocycles. The van der Waals surface area contributed by atoms with Gasteiger partial charge in [-0.1, -0.05) is 60.7 Å². The average molecular weight is 300 g/mol. The van der Waals surface area contributed by atoms with Crippen LogP contribution in [0.25, 0.3) is 0 Å². The first-order chi connectivity index (χ1) is 10.7. The first-order valence-corrected chi connectivity index (χ1v) is 7.21. The molecule has 0 aliphatic rings. The summed E-state index contributed by atoms with van der Waals surface area (Å²) in [6.07, 6.45) is -1.93. The van der Waals surface area contributed by atoms with Crippen molar-refractivity contribution in [3.63, 3.8) is 0 Å². The van der Waals surface area contributed by atoms with Crippen molar-refractivity contribution in [1.82, 2.24) is 0 Å². The molecule has 0 fully saturated rings. The minimum absolute atomic E-state index is 0.141. The van der Waals surface area contributed by atoms with E-state index in [4.69, 9.17) is 9.47 Å². The Morgan fingerprint density at radius 1 is 0.955 bits per heavy atom. The zero-order valence-corrected chi connectivity index (χ0v) is 12.5. The van der Waals surface area contributed by atoms with E-state index in [1.54, 1.807) is 6.92 Å². The highest BCUT2D eigenvalue weighted by Crippen LogP contribution is 2.08. The van der Waals surface area contributed by atoms with Crippen LogP contribution in [-0.4, -0.2) is 23.3 Å². The van der Waals surface area contributed by atoms with Crippen LogP contribution in [0.15, 0.2) is 60.7 Å². The molecule has 4 heteroatoms. The standard InChI is InChI=1S/C18H20O4/c1-14(21-12-15-8-4-2-5-9-15)17(19)18(20)22-13-16-10-6-3-7-11-16/h2-11,14,17,19H,12-13H2,1H3/t14-,17?/m0/s1. The van der Waals surface area contributed by atoms with Gasteiger partial charge >= 0.3 is 5.97 Å². The smallest absolute Gasteiger partial charge is 0.338 e. The van der Waals surface area contributed by atoms with Gasteiger partial charge in [0.15, 0.2) is 6.10 Å². The summed E-state index contributed by atoms with van der Waals surface area (Å²) in [4.78, 5) is 11.8. The van der Waals surface area contributed by atoms with E-state index in [0.29, 0.717) is 6.61 Å². The van der Waals surface area contributed by atoms with Crippen LogP contribution in [0.3, 0.4) is 0 Å². The lowest BCUT2D eigenvalue weighted by atomic mass is 10.2. The Morgan fingerprint density at radius 2 is 1.45 bits per heavy atom. The number of rotatable bonds is 7. The van der Waals surface area contributed by atoms with Gasteiger partial charge in [-0.05, 0) is 18.1 Å². The summed E-state index contributed by atoms with van der Waals surface area (Å²) < 4.78 is 10.6. The summed E-state index contributed by atoms with van der Waals surface area (Å²) in [7, 11) is 0. The molecule has 2 atom stereocenters. The van der Waals surface area contributed by atoms with Gasteiger partial charge in [-0.3, -0.25) is 0 Å². The Balaban J connectivity index is 1.77. The normalized spacial score (nSPS) is 13.4. The van der Waals surface area contributed by atoms with E-state index in [2.05, 4.69) is 0 Å². The van der Waals surface area contributed by atoms with E-state index < -0.39 is 18.2 Å². The van der Waals surface area contributed by atoms with Crippen LogP contribution in [0.2, 0.25) is 0 Å². The molecule has 1 N–H and O–H groups in total. The van der Waals surface area contributed by atoms with Gasteiger partial charge in [-0.15, -0.1) is 0 Å². The van der Waals surface area contributed by atoms with Crippen molar-refractivity contribution in [2.24, 2.45) is 0 Å². The molecule has 4 nitrogen and oxygen atoms in total. The molecule has 0 radical (unpaired) electrons. The molecule has 0 saturated heterocycles. The predicted octanol–water partition coefficient (Wildman–Crippen LogP) is 2.70. The molecular formula is C18H20O4. The van der Waals surface area contributed by atoms with E-state index >= 15 is 0 Å². The molecule has 0 aliphatic carbocycles. The maximum Gasteiger partial charge on any atom is 0.338 e. The number of carbonyl (C=O) groups excluding carboxylic acids is 1. The van der Waals surface area contributed by atoms with Gasteiger partial charge in [0.2, 0.25) is 0 Å². The molecule has 22 heavy (non-hydrogen) atoms. The molecule has 0 spiro atoms. The highest BCUT2D eigenvalue weighted by molar-refractivity contribution is 5.75. The van der Waals surface area contributed by atoms with Crippen LogP contribution in [0.1, 0.15) is 18.1 Å². The van der Waals surface area contributed by atoms with Gasteiger partial charge in [0.05, 0.1) is 12.7 Å². The number of carbonyl (C=O) groups is 1. The third-order valence-electron chi connectivity index (χ3n) is 3.27. The lowest BCUT2D eigenvalue weighted by Crippen LogP contribution is -2.35. The van der Waals surface area contributed by atoms with Gasteiger partial charge in [0.1, 0.15) is 6.61 Å². The monoisotopic (exact) mass is 300 g/mol. The van der Waals surface area contributed by atoms with Crippen LogP contribution >= 0.6 is 0 Å². The number of esters is 1. The number of aliphatic hydroxyl groups is 1. The Bertz CT molecular complexity index is 568. The van der Waals surface area contributed by atoms with E-state index in [1.165, 1.54) is 0 Å². The SMILES string of the molecule is C[C@H](OCc1ccccc1)C(O)C(=O)OCc1ccccc1. The first kappa shape index (κ1) is 16.2. The zero-order chi connectivity index (χ0) is 15.8. The first-order valence-electron chi connectivity index (χ1n) is 7.21. The Kier molecular flexibility index (Phi) is 6.13. The maximum absolute atomic E-state index is 11.8. The van der Waals surface area contributed by atoms with E-state index in [0.717, 1.165) is 11.1 Å². The average Bonchev–Trinajstić information content (AvgIpc) is 2.58. The second-order valence-corrected chi connectivity index (χ2v) is 5.04. The van der Waals surface area contributed by atoms with Crippen LogP contribution in [0.5, 0.6) is 0 Å².